The second kappa shape index (κ2) is 9.65. The monoisotopic (exact) mass is 481 g/mol. The maximum absolute atomic E-state index is 12.3. The van der Waals surface area contributed by atoms with Crippen LogP contribution < -0.4 is 10.9 Å². The van der Waals surface area contributed by atoms with Gasteiger partial charge in [-0.25, -0.2) is 4.68 Å². The molecule has 1 aromatic heterocycles. The Morgan fingerprint density at radius 3 is 2.32 bits per heavy atom. The van der Waals surface area contributed by atoms with Crippen molar-refractivity contribution >= 4 is 37.2 Å². The number of halogens is 2. The molecule has 1 N–H and O–H groups in total. The lowest BCUT2D eigenvalue weighted by atomic mass is 9.91. The van der Waals surface area contributed by atoms with Crippen LogP contribution in [0.25, 0.3) is 0 Å². The van der Waals surface area contributed by atoms with E-state index in [1.54, 1.807) is 0 Å². The highest BCUT2D eigenvalue weighted by Gasteiger charge is 2.37. The van der Waals surface area contributed by atoms with E-state index in [4.69, 9.17) is 27.6 Å². The molecule has 1 heterocycles. The van der Waals surface area contributed by atoms with E-state index in [-0.39, 0.29) is 26.7 Å². The van der Waals surface area contributed by atoms with E-state index >= 15 is 0 Å². The van der Waals surface area contributed by atoms with Crippen molar-refractivity contribution in [2.24, 2.45) is 0 Å². The Morgan fingerprint density at radius 2 is 1.74 bits per heavy atom. The molecule has 0 spiro atoms. The van der Waals surface area contributed by atoms with E-state index in [1.807, 2.05) is 0 Å². The van der Waals surface area contributed by atoms with Gasteiger partial charge in [0.2, 0.25) is 0 Å². The van der Waals surface area contributed by atoms with Crippen LogP contribution in [0.15, 0.2) is 35.3 Å². The molecule has 1 aliphatic carbocycles. The Bertz CT molecular complexity index is 947. The van der Waals surface area contributed by atoms with Crippen molar-refractivity contribution in [3.05, 3.63) is 56.4 Å². The number of nitrogens with one attached hydrogen (secondary N) is 1. The zero-order valence-electron chi connectivity index (χ0n) is 19.0. The van der Waals surface area contributed by atoms with Crippen molar-refractivity contribution in [1.82, 2.24) is 9.78 Å². The van der Waals surface area contributed by atoms with Crippen molar-refractivity contribution in [3.8, 4) is 0 Å². The van der Waals surface area contributed by atoms with E-state index in [2.05, 4.69) is 68.5 Å². The molecular formula is C23H33Cl2N3O2Si. The van der Waals surface area contributed by atoms with Crippen molar-refractivity contribution in [1.29, 1.82) is 0 Å². The van der Waals surface area contributed by atoms with Gasteiger partial charge >= 0.3 is 0 Å². The Morgan fingerprint density at radius 1 is 1.13 bits per heavy atom. The molecule has 0 bridgehead atoms. The Balaban J connectivity index is 1.52. The maximum Gasteiger partial charge on any atom is 0.287 e. The maximum atomic E-state index is 12.3. The van der Waals surface area contributed by atoms with Crippen LogP contribution in [-0.2, 0) is 11.0 Å². The highest BCUT2D eigenvalue weighted by Crippen LogP contribution is 2.37. The molecule has 3 rings (SSSR count). The summed E-state index contributed by atoms with van der Waals surface area (Å²) in [6.45, 7) is 12.0. The van der Waals surface area contributed by atoms with Crippen LogP contribution in [0, 0.1) is 0 Å². The van der Waals surface area contributed by atoms with Crippen LogP contribution in [0.1, 0.15) is 58.1 Å². The average Bonchev–Trinajstić information content (AvgIpc) is 2.72. The normalized spacial score (nSPS) is 20.0. The van der Waals surface area contributed by atoms with Gasteiger partial charge in [-0.05, 0) is 61.5 Å². The van der Waals surface area contributed by atoms with Crippen molar-refractivity contribution in [2.45, 2.75) is 83.3 Å². The van der Waals surface area contributed by atoms with Gasteiger partial charge < -0.3 is 9.74 Å². The van der Waals surface area contributed by atoms with Crippen molar-refractivity contribution in [2.75, 3.05) is 5.32 Å². The quantitative estimate of drug-likeness (QED) is 0.468. The molecule has 1 aromatic carbocycles. The second-order valence-electron chi connectivity index (χ2n) is 9.95. The van der Waals surface area contributed by atoms with E-state index < -0.39 is 8.32 Å². The molecule has 0 amide bonds. The van der Waals surface area contributed by atoms with Gasteiger partial charge in [0, 0.05) is 11.7 Å². The lowest BCUT2D eigenvalue weighted by Crippen LogP contribution is -2.40. The Hall–Kier alpha value is -1.34. The predicted molar refractivity (Wildman–Crippen MR) is 132 cm³/mol. The lowest BCUT2D eigenvalue weighted by Gasteiger charge is -2.36. The summed E-state index contributed by atoms with van der Waals surface area (Å²) in [7, 11) is -1.74. The molecule has 1 fully saturated rings. The topological polar surface area (TPSA) is 56.1 Å². The van der Waals surface area contributed by atoms with Crippen molar-refractivity contribution in [3.63, 3.8) is 0 Å². The molecule has 170 valence electrons. The zero-order chi connectivity index (χ0) is 22.8. The fourth-order valence-electron chi connectivity index (χ4n) is 3.56. The van der Waals surface area contributed by atoms with Gasteiger partial charge in [-0.2, -0.15) is 5.10 Å². The fraction of sp³-hybridized carbons (Fsp3) is 0.565. The summed E-state index contributed by atoms with van der Waals surface area (Å²) in [5.74, 6) is 0. The fourth-order valence-corrected chi connectivity index (χ4v) is 4.78. The first-order chi connectivity index (χ1) is 14.5. The van der Waals surface area contributed by atoms with Crippen LogP contribution in [0.2, 0.25) is 28.2 Å². The first kappa shape index (κ1) is 24.3. The smallest absolute Gasteiger partial charge is 0.287 e. The molecule has 31 heavy (non-hydrogen) atoms. The highest BCUT2D eigenvalue weighted by atomic mass is 35.5. The molecule has 0 aliphatic heterocycles. The standard InChI is InChI=1S/C23H33Cl2N3O2Si/c1-23(2,3)31(4,5)30-15-16-6-8-17(9-7-16)27-18-10-12-19(13-11-18)28-22(29)21(25)20(24)14-26-28/h6-9,14,18-19,27H,10-13,15H2,1-5H3/t18-,19-. The summed E-state index contributed by atoms with van der Waals surface area (Å²) < 4.78 is 7.80. The number of rotatable bonds is 6. The molecular weight excluding hydrogens is 449 g/mol. The van der Waals surface area contributed by atoms with Gasteiger partial charge in [0.15, 0.2) is 8.32 Å². The minimum absolute atomic E-state index is 0.0505. The van der Waals surface area contributed by atoms with Crippen LogP contribution in [0.4, 0.5) is 5.69 Å². The van der Waals surface area contributed by atoms with E-state index in [1.165, 1.54) is 16.4 Å². The first-order valence-corrected chi connectivity index (χ1v) is 14.6. The van der Waals surface area contributed by atoms with Gasteiger partial charge in [0.05, 0.1) is 23.9 Å². The summed E-state index contributed by atoms with van der Waals surface area (Å²) in [5, 5.41) is 8.28. The molecule has 1 saturated carbocycles. The summed E-state index contributed by atoms with van der Waals surface area (Å²) in [6, 6.07) is 8.97. The minimum atomic E-state index is -1.74. The summed E-state index contributed by atoms with van der Waals surface area (Å²) in [6.07, 6.45) is 5.14. The lowest BCUT2D eigenvalue weighted by molar-refractivity contribution is 0.276. The molecule has 1 aliphatic rings. The molecule has 5 nitrogen and oxygen atoms in total. The Kier molecular flexibility index (Phi) is 7.57. The zero-order valence-corrected chi connectivity index (χ0v) is 21.6. The van der Waals surface area contributed by atoms with Crippen molar-refractivity contribution < 1.29 is 4.43 Å². The second-order valence-corrected chi connectivity index (χ2v) is 15.5. The first-order valence-electron chi connectivity index (χ1n) is 10.9. The van der Waals surface area contributed by atoms with E-state index in [0.29, 0.717) is 12.6 Å². The van der Waals surface area contributed by atoms with E-state index in [0.717, 1.165) is 31.4 Å². The van der Waals surface area contributed by atoms with Crippen LogP contribution in [0.5, 0.6) is 0 Å². The Labute approximate surface area is 196 Å². The molecule has 8 heteroatoms. The molecule has 0 unspecified atom stereocenters. The minimum Gasteiger partial charge on any atom is -0.413 e. The third-order valence-corrected chi connectivity index (χ3v) is 11.9. The largest absolute Gasteiger partial charge is 0.413 e. The number of anilines is 1. The third kappa shape index (κ3) is 5.92. The number of aromatic nitrogens is 2. The number of hydrogen-bond donors (Lipinski definition) is 1. The van der Waals surface area contributed by atoms with Gasteiger partial charge in [-0.15, -0.1) is 0 Å². The third-order valence-electron chi connectivity index (χ3n) is 6.67. The summed E-state index contributed by atoms with van der Waals surface area (Å²) in [4.78, 5) is 12.3. The van der Waals surface area contributed by atoms with E-state index in [9.17, 15) is 4.79 Å². The SMILES string of the molecule is CC(C)(C)[Si](C)(C)OCc1ccc(N[C@H]2CC[C@H](n3ncc(Cl)c(Cl)c3=O)CC2)cc1. The van der Waals surface area contributed by atoms with Crippen LogP contribution >= 0.6 is 23.2 Å². The highest BCUT2D eigenvalue weighted by molar-refractivity contribution is 6.74. The molecule has 0 radical (unpaired) electrons. The molecule has 0 saturated heterocycles. The average molecular weight is 483 g/mol. The van der Waals surface area contributed by atoms with Crippen LogP contribution in [-0.4, -0.2) is 24.1 Å². The number of benzene rings is 1. The van der Waals surface area contributed by atoms with Gasteiger partial charge in [0.1, 0.15) is 5.02 Å². The predicted octanol–water partition coefficient (Wildman–Crippen LogP) is 6.67. The van der Waals surface area contributed by atoms with Gasteiger partial charge in [-0.1, -0.05) is 56.1 Å². The van der Waals surface area contributed by atoms with Crippen LogP contribution in [0.3, 0.4) is 0 Å². The van der Waals surface area contributed by atoms with Gasteiger partial charge in [-0.3, -0.25) is 4.79 Å². The molecule has 2 aromatic rings. The summed E-state index contributed by atoms with van der Waals surface area (Å²) >= 11 is 11.9. The number of hydrogen-bond acceptors (Lipinski definition) is 4. The molecule has 0 atom stereocenters. The van der Waals surface area contributed by atoms with Gasteiger partial charge in [0.25, 0.3) is 5.56 Å². The number of nitrogens with zero attached hydrogens (tertiary/aromatic N) is 2. The summed E-state index contributed by atoms with van der Waals surface area (Å²) in [5.41, 5.74) is 2.01.